The molecule has 0 aliphatic rings. The Bertz CT molecular complexity index is 587. The van der Waals surface area contributed by atoms with Crippen molar-refractivity contribution in [2.75, 3.05) is 0 Å². The van der Waals surface area contributed by atoms with Gasteiger partial charge in [-0.25, -0.2) is 4.39 Å². The molecule has 2 aromatic rings. The highest BCUT2D eigenvalue weighted by Gasteiger charge is 2.12. The van der Waals surface area contributed by atoms with E-state index in [9.17, 15) is 9.18 Å². The zero-order chi connectivity index (χ0) is 13.3. The fraction of sp³-hybridized carbons (Fsp3) is 0.357. The summed E-state index contributed by atoms with van der Waals surface area (Å²) < 4.78 is 15.3. The first kappa shape index (κ1) is 12.6. The lowest BCUT2D eigenvalue weighted by Gasteiger charge is -2.08. The van der Waals surface area contributed by atoms with Crippen molar-refractivity contribution in [1.29, 1.82) is 0 Å². The fourth-order valence-corrected chi connectivity index (χ4v) is 2.17. The summed E-state index contributed by atoms with van der Waals surface area (Å²) in [6.45, 7) is 4.09. The lowest BCUT2D eigenvalue weighted by Crippen LogP contribution is -1.99. The van der Waals surface area contributed by atoms with Gasteiger partial charge in [-0.15, -0.1) is 0 Å². The molecule has 0 fully saturated rings. The van der Waals surface area contributed by atoms with E-state index in [-0.39, 0.29) is 18.3 Å². The molecule has 0 amide bonds. The lowest BCUT2D eigenvalue weighted by molar-refractivity contribution is -0.136. The van der Waals surface area contributed by atoms with Gasteiger partial charge in [0.25, 0.3) is 0 Å². The molecule has 96 valence electrons. The number of carbonyl (C=O) groups is 1. The molecule has 1 aromatic heterocycles. The average molecular weight is 249 g/mol. The van der Waals surface area contributed by atoms with Gasteiger partial charge in [0.1, 0.15) is 5.82 Å². The maximum atomic E-state index is 13.3. The largest absolute Gasteiger partial charge is 0.481 e. The van der Waals surface area contributed by atoms with Crippen LogP contribution < -0.4 is 0 Å². The maximum absolute atomic E-state index is 13.3. The molecule has 0 aliphatic heterocycles. The second-order valence-corrected chi connectivity index (χ2v) is 4.71. The highest BCUT2D eigenvalue weighted by atomic mass is 19.1. The van der Waals surface area contributed by atoms with Gasteiger partial charge in [-0.1, -0.05) is 0 Å². The molecule has 2 rings (SSSR count). The second kappa shape index (κ2) is 4.80. The van der Waals surface area contributed by atoms with Crippen molar-refractivity contribution in [3.05, 3.63) is 35.8 Å². The van der Waals surface area contributed by atoms with Gasteiger partial charge < -0.3 is 9.67 Å². The minimum atomic E-state index is -0.836. The summed E-state index contributed by atoms with van der Waals surface area (Å²) in [6.07, 6.45) is 2.42. The summed E-state index contributed by atoms with van der Waals surface area (Å²) in [5.74, 6) is -1.13. The Balaban J connectivity index is 2.51. The number of rotatable bonds is 4. The predicted molar refractivity (Wildman–Crippen MR) is 68.2 cm³/mol. The molecule has 18 heavy (non-hydrogen) atoms. The van der Waals surface area contributed by atoms with Crippen molar-refractivity contribution in [3.8, 4) is 0 Å². The number of hydrogen-bond donors (Lipinski definition) is 1. The first-order valence-corrected chi connectivity index (χ1v) is 6.00. The summed E-state index contributed by atoms with van der Waals surface area (Å²) in [4.78, 5) is 10.6. The van der Waals surface area contributed by atoms with Crippen LogP contribution in [-0.4, -0.2) is 15.6 Å². The first-order chi connectivity index (χ1) is 8.49. The van der Waals surface area contributed by atoms with E-state index in [0.29, 0.717) is 6.42 Å². The molecule has 1 N–H and O–H groups in total. The molecule has 1 aromatic carbocycles. The molecule has 0 aliphatic carbocycles. The number of aromatic nitrogens is 1. The van der Waals surface area contributed by atoms with Crippen LogP contribution in [0.5, 0.6) is 0 Å². The third-order valence-corrected chi connectivity index (χ3v) is 3.04. The average Bonchev–Trinajstić information content (AvgIpc) is 2.64. The van der Waals surface area contributed by atoms with Crippen LogP contribution in [0.1, 0.15) is 31.9 Å². The molecule has 0 bridgehead atoms. The van der Waals surface area contributed by atoms with E-state index in [0.717, 1.165) is 16.5 Å². The summed E-state index contributed by atoms with van der Waals surface area (Å²) >= 11 is 0. The summed E-state index contributed by atoms with van der Waals surface area (Å²) in [6, 6.07) is 4.92. The van der Waals surface area contributed by atoms with Crippen LogP contribution in [0.4, 0.5) is 4.39 Å². The summed E-state index contributed by atoms with van der Waals surface area (Å²) in [5.41, 5.74) is 1.84. The number of nitrogens with zero attached hydrogens (tertiary/aromatic N) is 1. The standard InChI is InChI=1S/C14H16FNO2/c1-9(2)16-8-10(3-6-14(17)18)12-7-11(15)4-5-13(12)16/h4-5,7-9H,3,6H2,1-2H3,(H,17,18). The van der Waals surface area contributed by atoms with Crippen molar-refractivity contribution in [2.24, 2.45) is 0 Å². The Morgan fingerprint density at radius 3 is 2.78 bits per heavy atom. The van der Waals surface area contributed by atoms with E-state index in [4.69, 9.17) is 5.11 Å². The van der Waals surface area contributed by atoms with Gasteiger partial charge >= 0.3 is 5.97 Å². The van der Waals surface area contributed by atoms with Crippen molar-refractivity contribution in [1.82, 2.24) is 4.57 Å². The Hall–Kier alpha value is -1.84. The zero-order valence-corrected chi connectivity index (χ0v) is 10.5. The molecule has 3 nitrogen and oxygen atoms in total. The highest BCUT2D eigenvalue weighted by molar-refractivity contribution is 5.84. The fourth-order valence-electron chi connectivity index (χ4n) is 2.17. The Labute approximate surface area is 105 Å². The Morgan fingerprint density at radius 1 is 1.44 bits per heavy atom. The van der Waals surface area contributed by atoms with Gasteiger partial charge in [0.05, 0.1) is 0 Å². The molecule has 1 heterocycles. The number of carboxylic acids is 1. The monoisotopic (exact) mass is 249 g/mol. The van der Waals surface area contributed by atoms with Gasteiger partial charge in [-0.3, -0.25) is 4.79 Å². The van der Waals surface area contributed by atoms with E-state index in [2.05, 4.69) is 0 Å². The first-order valence-electron chi connectivity index (χ1n) is 6.00. The van der Waals surface area contributed by atoms with Crippen molar-refractivity contribution in [2.45, 2.75) is 32.7 Å². The van der Waals surface area contributed by atoms with Gasteiger partial charge in [-0.2, -0.15) is 0 Å². The van der Waals surface area contributed by atoms with Crippen molar-refractivity contribution >= 4 is 16.9 Å². The summed E-state index contributed by atoms with van der Waals surface area (Å²) in [7, 11) is 0. The summed E-state index contributed by atoms with van der Waals surface area (Å²) in [5, 5.41) is 9.55. The van der Waals surface area contributed by atoms with Crippen LogP contribution in [0.3, 0.4) is 0 Å². The molecular formula is C14H16FNO2. The second-order valence-electron chi connectivity index (χ2n) is 4.71. The van der Waals surface area contributed by atoms with E-state index in [1.165, 1.54) is 12.1 Å². The van der Waals surface area contributed by atoms with Gasteiger partial charge in [-0.05, 0) is 44.0 Å². The number of aryl methyl sites for hydroxylation is 1. The smallest absolute Gasteiger partial charge is 0.303 e. The van der Waals surface area contributed by atoms with Gasteiger partial charge in [0.15, 0.2) is 0 Å². The highest BCUT2D eigenvalue weighted by Crippen LogP contribution is 2.26. The molecular weight excluding hydrogens is 233 g/mol. The van der Waals surface area contributed by atoms with Crippen LogP contribution in [-0.2, 0) is 11.2 Å². The van der Waals surface area contributed by atoms with E-state index in [1.54, 1.807) is 6.07 Å². The number of fused-ring (bicyclic) bond motifs is 1. The molecule has 0 saturated carbocycles. The molecule has 0 unspecified atom stereocenters. The number of aliphatic carboxylic acids is 1. The third kappa shape index (κ3) is 2.37. The Kier molecular flexibility index (Phi) is 3.36. The van der Waals surface area contributed by atoms with Crippen LogP contribution in [0.25, 0.3) is 10.9 Å². The van der Waals surface area contributed by atoms with Gasteiger partial charge in [0, 0.05) is 29.6 Å². The van der Waals surface area contributed by atoms with Crippen molar-refractivity contribution < 1.29 is 14.3 Å². The number of carboxylic acid groups (broad SMARTS) is 1. The van der Waals surface area contributed by atoms with Gasteiger partial charge in [0.2, 0.25) is 0 Å². The van der Waals surface area contributed by atoms with E-state index in [1.807, 2.05) is 24.6 Å². The lowest BCUT2D eigenvalue weighted by atomic mass is 10.1. The number of hydrogen-bond acceptors (Lipinski definition) is 1. The zero-order valence-electron chi connectivity index (χ0n) is 10.5. The number of halogens is 1. The molecule has 0 saturated heterocycles. The van der Waals surface area contributed by atoms with Crippen molar-refractivity contribution in [3.63, 3.8) is 0 Å². The third-order valence-electron chi connectivity index (χ3n) is 3.04. The normalized spacial score (nSPS) is 11.3. The molecule has 0 radical (unpaired) electrons. The van der Waals surface area contributed by atoms with Crippen LogP contribution in [0, 0.1) is 5.82 Å². The van der Waals surface area contributed by atoms with Crippen LogP contribution in [0.2, 0.25) is 0 Å². The SMILES string of the molecule is CC(C)n1cc(CCC(=O)O)c2cc(F)ccc21. The quantitative estimate of drug-likeness (QED) is 0.902. The molecule has 0 spiro atoms. The topological polar surface area (TPSA) is 42.2 Å². The molecule has 0 atom stereocenters. The number of benzene rings is 1. The minimum absolute atomic E-state index is 0.0632. The van der Waals surface area contributed by atoms with E-state index >= 15 is 0 Å². The van der Waals surface area contributed by atoms with Crippen LogP contribution >= 0.6 is 0 Å². The van der Waals surface area contributed by atoms with Crippen LogP contribution in [0.15, 0.2) is 24.4 Å². The predicted octanol–water partition coefficient (Wildman–Crippen LogP) is 3.38. The van der Waals surface area contributed by atoms with E-state index < -0.39 is 5.97 Å². The minimum Gasteiger partial charge on any atom is -0.481 e. The Morgan fingerprint density at radius 2 is 2.17 bits per heavy atom. The maximum Gasteiger partial charge on any atom is 0.303 e. The molecule has 4 heteroatoms.